The summed E-state index contributed by atoms with van der Waals surface area (Å²) >= 11 is 1.84. The van der Waals surface area contributed by atoms with Crippen LogP contribution in [0.3, 0.4) is 0 Å². The molecule has 3 rings (SSSR count). The molecule has 0 radical (unpaired) electrons. The average Bonchev–Trinajstić information content (AvgIpc) is 2.97. The van der Waals surface area contributed by atoms with E-state index in [0.717, 1.165) is 18.0 Å². The van der Waals surface area contributed by atoms with Crippen LogP contribution in [0.5, 0.6) is 0 Å². The van der Waals surface area contributed by atoms with Crippen molar-refractivity contribution in [1.29, 1.82) is 0 Å². The summed E-state index contributed by atoms with van der Waals surface area (Å²) in [5.41, 5.74) is 0.0845. The van der Waals surface area contributed by atoms with Crippen LogP contribution in [0, 0.1) is 0 Å². The van der Waals surface area contributed by atoms with Crippen LogP contribution in [-0.2, 0) is 6.54 Å². The number of H-pyrrole nitrogens is 2. The minimum atomic E-state index is -0.396. The molecule has 0 aliphatic carbocycles. The predicted octanol–water partition coefficient (Wildman–Crippen LogP) is 1.00. The highest BCUT2D eigenvalue weighted by Gasteiger charge is 2.22. The van der Waals surface area contributed by atoms with E-state index >= 15 is 0 Å². The molecule has 1 aliphatic rings. The Kier molecular flexibility index (Phi) is 2.77. The molecule has 1 unspecified atom stereocenters. The molecule has 0 bridgehead atoms. The Hall–Kier alpha value is -1.50. The molecule has 6 nitrogen and oxygen atoms in total. The molecule has 0 amide bonds. The predicted molar refractivity (Wildman–Crippen MR) is 71.1 cm³/mol. The highest BCUT2D eigenvalue weighted by molar-refractivity contribution is 7.99. The van der Waals surface area contributed by atoms with Crippen molar-refractivity contribution in [3.63, 3.8) is 0 Å². The molecule has 3 heterocycles. The number of nitrogens with one attached hydrogen (secondary N) is 2. The maximum atomic E-state index is 11.7. The first-order valence-corrected chi connectivity index (χ1v) is 7.10. The minimum Gasteiger partial charge on any atom is -0.335 e. The second-order valence-corrected chi connectivity index (χ2v) is 5.64. The quantitative estimate of drug-likeness (QED) is 0.849. The lowest BCUT2D eigenvalue weighted by Gasteiger charge is -2.02. The Morgan fingerprint density at radius 3 is 2.94 bits per heavy atom. The van der Waals surface area contributed by atoms with Gasteiger partial charge in [0.15, 0.2) is 5.65 Å². The van der Waals surface area contributed by atoms with Gasteiger partial charge in [-0.3, -0.25) is 14.3 Å². The van der Waals surface area contributed by atoms with Crippen molar-refractivity contribution in [2.75, 3.05) is 5.75 Å². The monoisotopic (exact) mass is 266 g/mol. The van der Waals surface area contributed by atoms with Crippen molar-refractivity contribution >= 4 is 22.9 Å². The van der Waals surface area contributed by atoms with E-state index in [1.165, 1.54) is 11.0 Å². The fourth-order valence-corrected chi connectivity index (χ4v) is 3.52. The van der Waals surface area contributed by atoms with E-state index in [0.29, 0.717) is 23.0 Å². The number of imidazole rings is 1. The van der Waals surface area contributed by atoms with E-state index in [4.69, 9.17) is 0 Å². The molecule has 2 aromatic rings. The van der Waals surface area contributed by atoms with E-state index in [1.54, 1.807) is 0 Å². The van der Waals surface area contributed by atoms with E-state index in [2.05, 4.69) is 15.0 Å². The minimum absolute atomic E-state index is 0.317. The van der Waals surface area contributed by atoms with Crippen LogP contribution in [0.25, 0.3) is 11.2 Å². The molecule has 18 heavy (non-hydrogen) atoms. The molecule has 2 N–H and O–H groups in total. The SMILES string of the molecule is CCn1c(=O)[nH]c(=O)c2[nH]c(C3CCCS3)nc21. The number of thioether (sulfide) groups is 1. The van der Waals surface area contributed by atoms with Crippen molar-refractivity contribution in [2.45, 2.75) is 31.6 Å². The van der Waals surface area contributed by atoms with E-state index in [-0.39, 0.29) is 5.56 Å². The third kappa shape index (κ3) is 1.69. The lowest BCUT2D eigenvalue weighted by Crippen LogP contribution is -2.29. The average molecular weight is 266 g/mol. The lowest BCUT2D eigenvalue weighted by molar-refractivity contribution is 0.717. The Balaban J connectivity index is 2.24. The third-order valence-electron chi connectivity index (χ3n) is 3.20. The molecule has 0 spiro atoms. The molecule has 0 saturated carbocycles. The third-order valence-corrected chi connectivity index (χ3v) is 4.59. The van der Waals surface area contributed by atoms with Gasteiger partial charge in [-0.05, 0) is 25.5 Å². The molecular formula is C11H14N4O2S. The second-order valence-electron chi connectivity index (χ2n) is 4.33. The largest absolute Gasteiger partial charge is 0.335 e. The molecule has 96 valence electrons. The van der Waals surface area contributed by atoms with Gasteiger partial charge in [-0.15, -0.1) is 0 Å². The topological polar surface area (TPSA) is 83.5 Å². The number of hydrogen-bond acceptors (Lipinski definition) is 4. The molecule has 1 saturated heterocycles. The first-order chi connectivity index (χ1) is 8.70. The van der Waals surface area contributed by atoms with Crippen LogP contribution in [0.4, 0.5) is 0 Å². The van der Waals surface area contributed by atoms with Gasteiger partial charge < -0.3 is 4.98 Å². The van der Waals surface area contributed by atoms with Crippen LogP contribution >= 0.6 is 11.8 Å². The second kappa shape index (κ2) is 4.31. The number of nitrogens with zero attached hydrogens (tertiary/aromatic N) is 2. The van der Waals surface area contributed by atoms with Crippen molar-refractivity contribution < 1.29 is 0 Å². The maximum Gasteiger partial charge on any atom is 0.330 e. The van der Waals surface area contributed by atoms with E-state index in [1.807, 2.05) is 18.7 Å². The molecular weight excluding hydrogens is 252 g/mol. The van der Waals surface area contributed by atoms with Gasteiger partial charge in [0.2, 0.25) is 0 Å². The smallest absolute Gasteiger partial charge is 0.330 e. The summed E-state index contributed by atoms with van der Waals surface area (Å²) in [7, 11) is 0. The zero-order valence-electron chi connectivity index (χ0n) is 10.0. The van der Waals surface area contributed by atoms with Crippen molar-refractivity contribution in [3.05, 3.63) is 26.7 Å². The van der Waals surface area contributed by atoms with Gasteiger partial charge in [-0.25, -0.2) is 9.78 Å². The fraction of sp³-hybridized carbons (Fsp3) is 0.545. The number of rotatable bonds is 2. The maximum absolute atomic E-state index is 11.7. The van der Waals surface area contributed by atoms with Crippen molar-refractivity contribution in [3.8, 4) is 0 Å². The fourth-order valence-electron chi connectivity index (χ4n) is 2.30. The van der Waals surface area contributed by atoms with Gasteiger partial charge in [0.1, 0.15) is 11.3 Å². The summed E-state index contributed by atoms with van der Waals surface area (Å²) in [6.07, 6.45) is 2.24. The van der Waals surface area contributed by atoms with Crippen LogP contribution < -0.4 is 11.2 Å². The number of fused-ring (bicyclic) bond motifs is 1. The summed E-state index contributed by atoms with van der Waals surface area (Å²) in [6.45, 7) is 2.35. The highest BCUT2D eigenvalue weighted by atomic mass is 32.2. The summed E-state index contributed by atoms with van der Waals surface area (Å²) < 4.78 is 1.48. The molecule has 2 aromatic heterocycles. The van der Waals surface area contributed by atoms with Gasteiger partial charge in [0.05, 0.1) is 5.25 Å². The van der Waals surface area contributed by atoms with Gasteiger partial charge in [-0.1, -0.05) is 0 Å². The summed E-state index contributed by atoms with van der Waals surface area (Å²) in [4.78, 5) is 33.2. The first kappa shape index (κ1) is 11.6. The molecule has 7 heteroatoms. The van der Waals surface area contributed by atoms with Crippen LogP contribution in [0.15, 0.2) is 9.59 Å². The van der Waals surface area contributed by atoms with E-state index in [9.17, 15) is 9.59 Å². The van der Waals surface area contributed by atoms with Gasteiger partial charge in [-0.2, -0.15) is 11.8 Å². The molecule has 1 atom stereocenters. The van der Waals surface area contributed by atoms with Crippen LogP contribution in [0.2, 0.25) is 0 Å². The normalized spacial score (nSPS) is 19.7. The van der Waals surface area contributed by atoms with E-state index < -0.39 is 5.69 Å². The standard InChI is InChI=1S/C11H14N4O2S/c1-2-15-9-7(10(16)14-11(15)17)12-8(13-9)6-4-3-5-18-6/h6H,2-5H2,1H3,(H,12,13)(H,14,16,17). The van der Waals surface area contributed by atoms with Gasteiger partial charge in [0.25, 0.3) is 5.56 Å². The summed E-state index contributed by atoms with van der Waals surface area (Å²) in [5, 5.41) is 0.317. The summed E-state index contributed by atoms with van der Waals surface area (Å²) in [5.74, 6) is 1.93. The number of aryl methyl sites for hydroxylation is 1. The van der Waals surface area contributed by atoms with Gasteiger partial charge in [0, 0.05) is 6.54 Å². The number of aromatic nitrogens is 4. The molecule has 1 fully saturated rings. The summed E-state index contributed by atoms with van der Waals surface area (Å²) in [6, 6.07) is 0. The molecule has 0 aromatic carbocycles. The molecule has 1 aliphatic heterocycles. The van der Waals surface area contributed by atoms with Crippen LogP contribution in [0.1, 0.15) is 30.8 Å². The van der Waals surface area contributed by atoms with Crippen molar-refractivity contribution in [2.24, 2.45) is 0 Å². The first-order valence-electron chi connectivity index (χ1n) is 6.05. The Morgan fingerprint density at radius 1 is 1.44 bits per heavy atom. The highest BCUT2D eigenvalue weighted by Crippen LogP contribution is 2.38. The van der Waals surface area contributed by atoms with Crippen molar-refractivity contribution in [1.82, 2.24) is 19.5 Å². The zero-order valence-corrected chi connectivity index (χ0v) is 10.8. The zero-order chi connectivity index (χ0) is 12.7. The van der Waals surface area contributed by atoms with Crippen LogP contribution in [-0.4, -0.2) is 25.3 Å². The Labute approximate surface area is 107 Å². The van der Waals surface area contributed by atoms with Gasteiger partial charge >= 0.3 is 5.69 Å². The Bertz CT molecular complexity index is 693. The lowest BCUT2D eigenvalue weighted by atomic mass is 10.2. The number of hydrogen-bond donors (Lipinski definition) is 2. The number of aromatic amines is 2. The Morgan fingerprint density at radius 2 is 2.28 bits per heavy atom.